The fraction of sp³-hybridized carbons (Fsp3) is 0.0769. The van der Waals surface area contributed by atoms with Crippen LogP contribution in [0.25, 0.3) is 0 Å². The van der Waals surface area contributed by atoms with Crippen LogP contribution in [-0.4, -0.2) is 18.0 Å². The van der Waals surface area contributed by atoms with Gasteiger partial charge in [-0.25, -0.2) is 0 Å². The van der Waals surface area contributed by atoms with Crippen molar-refractivity contribution >= 4 is 11.6 Å². The number of amides is 1. The lowest BCUT2D eigenvalue weighted by Gasteiger charge is -2.10. The normalized spacial score (nSPS) is 9.95. The van der Waals surface area contributed by atoms with Crippen LogP contribution in [0.2, 0.25) is 0 Å². The molecule has 0 unspecified atom stereocenters. The van der Waals surface area contributed by atoms with E-state index < -0.39 is 5.91 Å². The number of hydrogen-bond acceptors (Lipinski definition) is 5. The van der Waals surface area contributed by atoms with Crippen LogP contribution >= 0.6 is 0 Å². The van der Waals surface area contributed by atoms with Crippen molar-refractivity contribution in [2.24, 2.45) is 5.73 Å². The van der Waals surface area contributed by atoms with Gasteiger partial charge >= 0.3 is 0 Å². The predicted molar refractivity (Wildman–Crippen MR) is 70.2 cm³/mol. The molecule has 2 aromatic rings. The average Bonchev–Trinajstić information content (AvgIpc) is 2.41. The smallest absolute Gasteiger partial charge is 0.267 e. The van der Waals surface area contributed by atoms with Crippen LogP contribution in [0.1, 0.15) is 10.5 Å². The zero-order chi connectivity index (χ0) is 13.8. The van der Waals surface area contributed by atoms with Gasteiger partial charge in [0.1, 0.15) is 17.2 Å². The first-order chi connectivity index (χ1) is 9.10. The third kappa shape index (κ3) is 2.92. The Hall–Kier alpha value is -2.76. The molecule has 0 saturated carbocycles. The van der Waals surface area contributed by atoms with Gasteiger partial charge in [-0.3, -0.25) is 9.78 Å². The van der Waals surface area contributed by atoms with E-state index in [9.17, 15) is 4.79 Å². The fourth-order valence-electron chi connectivity index (χ4n) is 1.47. The summed E-state index contributed by atoms with van der Waals surface area (Å²) in [5.74, 6) is 0.849. The van der Waals surface area contributed by atoms with Gasteiger partial charge in [-0.05, 0) is 18.2 Å². The highest BCUT2D eigenvalue weighted by Gasteiger charge is 2.07. The Morgan fingerprint density at radius 2 is 2.00 bits per heavy atom. The first-order valence-electron chi connectivity index (χ1n) is 5.47. The van der Waals surface area contributed by atoms with Crippen LogP contribution < -0.4 is 20.9 Å². The number of pyridine rings is 1. The van der Waals surface area contributed by atoms with Crippen molar-refractivity contribution < 1.29 is 14.3 Å². The number of primary amides is 1. The van der Waals surface area contributed by atoms with Gasteiger partial charge in [0.2, 0.25) is 0 Å². The molecular formula is C13H13N3O3. The molecular weight excluding hydrogens is 246 g/mol. The highest BCUT2D eigenvalue weighted by atomic mass is 16.5. The van der Waals surface area contributed by atoms with Crippen molar-refractivity contribution in [2.45, 2.75) is 0 Å². The van der Waals surface area contributed by atoms with Gasteiger partial charge < -0.3 is 20.9 Å². The van der Waals surface area contributed by atoms with Gasteiger partial charge in [0.15, 0.2) is 5.75 Å². The predicted octanol–water partition coefficient (Wildman–Crippen LogP) is 1.56. The third-order valence-electron chi connectivity index (χ3n) is 2.43. The summed E-state index contributed by atoms with van der Waals surface area (Å²) < 4.78 is 10.7. The minimum absolute atomic E-state index is 0.124. The van der Waals surface area contributed by atoms with Crippen LogP contribution in [0, 0.1) is 0 Å². The molecule has 1 heterocycles. The fourth-order valence-corrected chi connectivity index (χ4v) is 1.47. The number of carbonyl (C=O) groups is 1. The van der Waals surface area contributed by atoms with Gasteiger partial charge in [-0.1, -0.05) is 0 Å². The molecule has 4 N–H and O–H groups in total. The van der Waals surface area contributed by atoms with E-state index in [0.717, 1.165) is 0 Å². The SMILES string of the molecule is COc1ccc(N)c(Oc2ccnc(C(N)=O)c2)c1. The summed E-state index contributed by atoms with van der Waals surface area (Å²) in [5.41, 5.74) is 11.5. The van der Waals surface area contributed by atoms with Gasteiger partial charge in [0.05, 0.1) is 12.8 Å². The van der Waals surface area contributed by atoms with E-state index in [1.165, 1.54) is 12.3 Å². The summed E-state index contributed by atoms with van der Waals surface area (Å²) in [7, 11) is 1.55. The molecule has 0 atom stereocenters. The van der Waals surface area contributed by atoms with Crippen molar-refractivity contribution in [3.8, 4) is 17.2 Å². The van der Waals surface area contributed by atoms with E-state index in [0.29, 0.717) is 22.9 Å². The van der Waals surface area contributed by atoms with Crippen molar-refractivity contribution in [1.82, 2.24) is 4.98 Å². The quantitative estimate of drug-likeness (QED) is 0.811. The number of methoxy groups -OCH3 is 1. The van der Waals surface area contributed by atoms with Crippen LogP contribution in [-0.2, 0) is 0 Å². The largest absolute Gasteiger partial charge is 0.497 e. The van der Waals surface area contributed by atoms with E-state index in [4.69, 9.17) is 20.9 Å². The Morgan fingerprint density at radius 1 is 1.21 bits per heavy atom. The number of carbonyl (C=O) groups excluding carboxylic acids is 1. The summed E-state index contributed by atoms with van der Waals surface area (Å²) in [6.45, 7) is 0. The Kier molecular flexibility index (Phi) is 3.51. The van der Waals surface area contributed by atoms with Gasteiger partial charge in [0, 0.05) is 18.3 Å². The molecule has 6 heteroatoms. The lowest BCUT2D eigenvalue weighted by molar-refractivity contribution is 0.0995. The second-order valence-corrected chi connectivity index (χ2v) is 3.75. The molecule has 0 saturated heterocycles. The first-order valence-corrected chi connectivity index (χ1v) is 5.47. The molecule has 1 aromatic carbocycles. The molecule has 2 rings (SSSR count). The Balaban J connectivity index is 2.30. The maximum Gasteiger partial charge on any atom is 0.267 e. The second kappa shape index (κ2) is 5.26. The Morgan fingerprint density at radius 3 is 2.68 bits per heavy atom. The molecule has 98 valence electrons. The number of benzene rings is 1. The van der Waals surface area contributed by atoms with Gasteiger partial charge in [-0.15, -0.1) is 0 Å². The van der Waals surface area contributed by atoms with Crippen molar-refractivity contribution in [3.63, 3.8) is 0 Å². The summed E-state index contributed by atoms with van der Waals surface area (Å²) in [5, 5.41) is 0. The number of hydrogen-bond donors (Lipinski definition) is 2. The zero-order valence-corrected chi connectivity index (χ0v) is 10.3. The Labute approximate surface area is 110 Å². The molecule has 6 nitrogen and oxygen atoms in total. The summed E-state index contributed by atoms with van der Waals surface area (Å²) in [4.78, 5) is 14.9. The maximum atomic E-state index is 11.0. The highest BCUT2D eigenvalue weighted by molar-refractivity contribution is 5.91. The minimum atomic E-state index is -0.621. The van der Waals surface area contributed by atoms with Crippen molar-refractivity contribution in [3.05, 3.63) is 42.2 Å². The van der Waals surface area contributed by atoms with E-state index in [1.54, 1.807) is 31.4 Å². The van der Waals surface area contributed by atoms with E-state index in [-0.39, 0.29) is 5.69 Å². The molecule has 19 heavy (non-hydrogen) atoms. The number of nitrogens with zero attached hydrogens (tertiary/aromatic N) is 1. The maximum absolute atomic E-state index is 11.0. The van der Waals surface area contributed by atoms with Crippen LogP contribution in [0.4, 0.5) is 5.69 Å². The van der Waals surface area contributed by atoms with Gasteiger partial charge in [0.25, 0.3) is 5.91 Å². The molecule has 1 aromatic heterocycles. The van der Waals surface area contributed by atoms with Crippen molar-refractivity contribution in [1.29, 1.82) is 0 Å². The summed E-state index contributed by atoms with van der Waals surface area (Å²) in [6.07, 6.45) is 1.44. The van der Waals surface area contributed by atoms with Gasteiger partial charge in [-0.2, -0.15) is 0 Å². The second-order valence-electron chi connectivity index (χ2n) is 3.75. The number of rotatable bonds is 4. The molecule has 0 aliphatic carbocycles. The molecule has 0 aliphatic heterocycles. The van der Waals surface area contributed by atoms with Crippen LogP contribution in [0.15, 0.2) is 36.5 Å². The summed E-state index contributed by atoms with van der Waals surface area (Å²) >= 11 is 0. The highest BCUT2D eigenvalue weighted by Crippen LogP contribution is 2.31. The molecule has 1 amide bonds. The molecule has 0 aliphatic rings. The number of anilines is 1. The number of ether oxygens (including phenoxy) is 2. The lowest BCUT2D eigenvalue weighted by Crippen LogP contribution is -2.12. The number of aromatic nitrogens is 1. The molecule has 0 fully saturated rings. The number of nitrogens with two attached hydrogens (primary N) is 2. The standard InChI is InChI=1S/C13H13N3O3/c1-18-8-2-3-10(14)12(7-8)19-9-4-5-16-11(6-9)13(15)17/h2-7H,14H2,1H3,(H2,15,17). The zero-order valence-electron chi connectivity index (χ0n) is 10.3. The monoisotopic (exact) mass is 259 g/mol. The average molecular weight is 259 g/mol. The Bertz CT molecular complexity index is 614. The summed E-state index contributed by atoms with van der Waals surface area (Å²) in [6, 6.07) is 8.10. The molecule has 0 spiro atoms. The minimum Gasteiger partial charge on any atom is -0.497 e. The van der Waals surface area contributed by atoms with E-state index >= 15 is 0 Å². The number of nitrogen functional groups attached to an aromatic ring is 1. The van der Waals surface area contributed by atoms with E-state index in [1.807, 2.05) is 0 Å². The topological polar surface area (TPSA) is 100 Å². The van der Waals surface area contributed by atoms with Crippen LogP contribution in [0.5, 0.6) is 17.2 Å². The molecule has 0 bridgehead atoms. The van der Waals surface area contributed by atoms with E-state index in [2.05, 4.69) is 4.98 Å². The molecule has 0 radical (unpaired) electrons. The third-order valence-corrected chi connectivity index (χ3v) is 2.43. The van der Waals surface area contributed by atoms with Crippen molar-refractivity contribution in [2.75, 3.05) is 12.8 Å². The van der Waals surface area contributed by atoms with Crippen LogP contribution in [0.3, 0.4) is 0 Å². The lowest BCUT2D eigenvalue weighted by atomic mass is 10.2. The first kappa shape index (κ1) is 12.7.